The molecular formula is C19H18ClN3OS. The van der Waals surface area contributed by atoms with Crippen LogP contribution < -0.4 is 0 Å². The number of nitriles is 1. The van der Waals surface area contributed by atoms with E-state index in [0.29, 0.717) is 16.4 Å². The van der Waals surface area contributed by atoms with E-state index in [9.17, 15) is 5.11 Å². The molecule has 0 saturated heterocycles. The lowest BCUT2D eigenvalue weighted by Gasteiger charge is -2.38. The fraction of sp³-hybridized carbons (Fsp3) is 0.263. The maximum Gasteiger partial charge on any atom is 0.156 e. The Bertz CT molecular complexity index is 856. The molecule has 1 unspecified atom stereocenters. The van der Waals surface area contributed by atoms with Crippen LogP contribution in [0.4, 0.5) is 0 Å². The van der Waals surface area contributed by atoms with Crippen molar-refractivity contribution in [3.05, 3.63) is 62.8 Å². The maximum atomic E-state index is 10.4. The number of hydrogen-bond acceptors (Lipinski definition) is 5. The number of aliphatic imine (C=N–C) groups is 1. The van der Waals surface area contributed by atoms with Crippen molar-refractivity contribution in [1.29, 1.82) is 5.26 Å². The van der Waals surface area contributed by atoms with Gasteiger partial charge in [-0.2, -0.15) is 5.26 Å². The molecule has 0 spiro atoms. The average Bonchev–Trinajstić information content (AvgIpc) is 3.03. The zero-order valence-corrected chi connectivity index (χ0v) is 15.6. The van der Waals surface area contributed by atoms with Gasteiger partial charge in [0.1, 0.15) is 10.9 Å². The Hall–Kier alpha value is -2.13. The summed E-state index contributed by atoms with van der Waals surface area (Å²) in [6, 6.07) is 13.5. The lowest BCUT2D eigenvalue weighted by atomic mass is 10.0. The molecule has 0 radical (unpaired) electrons. The third kappa shape index (κ3) is 4.10. The fourth-order valence-corrected chi connectivity index (χ4v) is 3.74. The number of hydrogen-bond donors (Lipinski definition) is 1. The Morgan fingerprint density at radius 1 is 1.28 bits per heavy atom. The maximum absolute atomic E-state index is 10.4. The standard InChI is InChI=1S/C19H18ClN3OS/c1-19(2,24)12-23-16(13-3-5-14(20)6-4-13)9-10-22-18(23)17-8-7-15(11-21)25-17/h3-10,18,24H,12H2,1-2H3. The Morgan fingerprint density at radius 2 is 2.00 bits per heavy atom. The molecule has 1 aliphatic heterocycles. The molecule has 0 saturated carbocycles. The minimum absolute atomic E-state index is 0.269. The largest absolute Gasteiger partial charge is 0.389 e. The summed E-state index contributed by atoms with van der Waals surface area (Å²) in [5, 5.41) is 20.2. The zero-order chi connectivity index (χ0) is 18.0. The van der Waals surface area contributed by atoms with Crippen molar-refractivity contribution in [2.24, 2.45) is 4.99 Å². The first kappa shape index (κ1) is 17.7. The van der Waals surface area contributed by atoms with Gasteiger partial charge in [0.05, 0.1) is 10.5 Å². The van der Waals surface area contributed by atoms with Gasteiger partial charge in [0, 0.05) is 23.5 Å². The van der Waals surface area contributed by atoms with Crippen molar-refractivity contribution >= 4 is 34.8 Å². The van der Waals surface area contributed by atoms with Crippen LogP contribution >= 0.6 is 22.9 Å². The number of allylic oxidation sites excluding steroid dienone is 1. The van der Waals surface area contributed by atoms with E-state index in [1.165, 1.54) is 11.3 Å². The lowest BCUT2D eigenvalue weighted by molar-refractivity contribution is 0.0435. The van der Waals surface area contributed by atoms with Crippen LogP contribution in [0.2, 0.25) is 5.02 Å². The van der Waals surface area contributed by atoms with Crippen LogP contribution in [0.15, 0.2) is 47.5 Å². The van der Waals surface area contributed by atoms with E-state index in [1.54, 1.807) is 26.1 Å². The Balaban J connectivity index is 2.01. The molecular weight excluding hydrogens is 354 g/mol. The molecule has 0 bridgehead atoms. The SMILES string of the molecule is CC(C)(O)CN1C(c2ccc(Cl)cc2)=CC=NC1c1ccc(C#N)s1. The minimum Gasteiger partial charge on any atom is -0.389 e. The molecule has 25 heavy (non-hydrogen) atoms. The number of nitrogens with zero attached hydrogens (tertiary/aromatic N) is 3. The Kier molecular flexibility index (Phi) is 4.96. The molecule has 0 amide bonds. The van der Waals surface area contributed by atoms with Crippen molar-refractivity contribution in [1.82, 2.24) is 4.90 Å². The second-order valence-electron chi connectivity index (χ2n) is 6.48. The van der Waals surface area contributed by atoms with E-state index >= 15 is 0 Å². The molecule has 1 aliphatic rings. The number of thiophene rings is 1. The van der Waals surface area contributed by atoms with Crippen LogP contribution in [0.3, 0.4) is 0 Å². The molecule has 6 heteroatoms. The monoisotopic (exact) mass is 371 g/mol. The third-order valence-corrected chi connectivity index (χ3v) is 5.03. The highest BCUT2D eigenvalue weighted by Gasteiger charge is 2.30. The first-order valence-electron chi connectivity index (χ1n) is 7.86. The first-order chi connectivity index (χ1) is 11.9. The molecule has 0 aliphatic carbocycles. The average molecular weight is 372 g/mol. The molecule has 2 aromatic rings. The van der Waals surface area contributed by atoms with Crippen molar-refractivity contribution in [2.75, 3.05) is 6.54 Å². The normalized spacial score (nSPS) is 17.3. The van der Waals surface area contributed by atoms with E-state index in [4.69, 9.17) is 16.9 Å². The summed E-state index contributed by atoms with van der Waals surface area (Å²) in [7, 11) is 0. The smallest absolute Gasteiger partial charge is 0.156 e. The van der Waals surface area contributed by atoms with E-state index in [0.717, 1.165) is 16.1 Å². The van der Waals surface area contributed by atoms with E-state index < -0.39 is 5.60 Å². The van der Waals surface area contributed by atoms with Crippen molar-refractivity contribution < 1.29 is 5.11 Å². The highest BCUT2D eigenvalue weighted by atomic mass is 35.5. The number of halogens is 1. The molecule has 128 valence electrons. The molecule has 1 aromatic heterocycles. The van der Waals surface area contributed by atoms with Gasteiger partial charge in [-0.15, -0.1) is 11.3 Å². The summed E-state index contributed by atoms with van der Waals surface area (Å²) in [5.41, 5.74) is 1.07. The summed E-state index contributed by atoms with van der Waals surface area (Å²) in [4.78, 5) is 8.28. The highest BCUT2D eigenvalue weighted by Crippen LogP contribution is 2.37. The van der Waals surface area contributed by atoms with Crippen LogP contribution in [0.25, 0.3) is 5.70 Å². The Labute approximate surface area is 156 Å². The molecule has 2 heterocycles. The zero-order valence-electron chi connectivity index (χ0n) is 14.0. The summed E-state index contributed by atoms with van der Waals surface area (Å²) < 4.78 is 0. The summed E-state index contributed by atoms with van der Waals surface area (Å²) in [6.45, 7) is 3.96. The predicted octanol–water partition coefficient (Wildman–Crippen LogP) is 4.47. The van der Waals surface area contributed by atoms with Gasteiger partial charge < -0.3 is 10.0 Å². The first-order valence-corrected chi connectivity index (χ1v) is 9.05. The molecule has 0 fully saturated rings. The van der Waals surface area contributed by atoms with Gasteiger partial charge in [0.25, 0.3) is 0 Å². The van der Waals surface area contributed by atoms with Crippen molar-refractivity contribution in [3.8, 4) is 6.07 Å². The molecule has 1 atom stereocenters. The van der Waals surface area contributed by atoms with E-state index in [-0.39, 0.29) is 6.17 Å². The minimum atomic E-state index is -0.897. The fourth-order valence-electron chi connectivity index (χ4n) is 2.75. The van der Waals surface area contributed by atoms with Gasteiger partial charge in [-0.1, -0.05) is 23.7 Å². The predicted molar refractivity (Wildman–Crippen MR) is 103 cm³/mol. The quantitative estimate of drug-likeness (QED) is 0.862. The van der Waals surface area contributed by atoms with Gasteiger partial charge in [-0.25, -0.2) is 0 Å². The topological polar surface area (TPSA) is 59.6 Å². The van der Waals surface area contributed by atoms with Gasteiger partial charge >= 0.3 is 0 Å². The van der Waals surface area contributed by atoms with E-state index in [1.807, 2.05) is 36.4 Å². The van der Waals surface area contributed by atoms with Gasteiger partial charge in [-0.05, 0) is 49.8 Å². The van der Waals surface area contributed by atoms with Gasteiger partial charge in [0.2, 0.25) is 0 Å². The molecule has 3 rings (SSSR count). The summed E-state index contributed by atoms with van der Waals surface area (Å²) in [6.07, 6.45) is 3.44. The van der Waals surface area contributed by atoms with Gasteiger partial charge in [0.15, 0.2) is 6.17 Å². The van der Waals surface area contributed by atoms with Crippen LogP contribution in [-0.4, -0.2) is 28.4 Å². The molecule has 1 aromatic carbocycles. The van der Waals surface area contributed by atoms with Crippen molar-refractivity contribution in [3.63, 3.8) is 0 Å². The van der Waals surface area contributed by atoms with Crippen LogP contribution in [0.5, 0.6) is 0 Å². The van der Waals surface area contributed by atoms with E-state index in [2.05, 4.69) is 16.0 Å². The van der Waals surface area contributed by atoms with Crippen LogP contribution in [-0.2, 0) is 0 Å². The van der Waals surface area contributed by atoms with Crippen LogP contribution in [0, 0.1) is 11.3 Å². The van der Waals surface area contributed by atoms with Crippen LogP contribution in [0.1, 0.15) is 35.3 Å². The summed E-state index contributed by atoms with van der Waals surface area (Å²) in [5.74, 6) is 0. The Morgan fingerprint density at radius 3 is 2.60 bits per heavy atom. The summed E-state index contributed by atoms with van der Waals surface area (Å²) >= 11 is 7.43. The molecule has 1 N–H and O–H groups in total. The highest BCUT2D eigenvalue weighted by molar-refractivity contribution is 7.12. The third-order valence-electron chi connectivity index (χ3n) is 3.75. The lowest BCUT2D eigenvalue weighted by Crippen LogP contribution is -2.40. The van der Waals surface area contributed by atoms with Crippen molar-refractivity contribution in [2.45, 2.75) is 25.6 Å². The second kappa shape index (κ2) is 7.01. The number of rotatable bonds is 4. The number of benzene rings is 1. The second-order valence-corrected chi connectivity index (χ2v) is 8.04. The molecule has 4 nitrogen and oxygen atoms in total. The van der Waals surface area contributed by atoms with Gasteiger partial charge in [-0.3, -0.25) is 4.99 Å². The number of β-amino-alcohol motifs (C(OH)–C–C–N with tert-alkyl or cyclic N) is 1. The number of aliphatic hydroxyl groups is 1.